The Morgan fingerprint density at radius 2 is 2.08 bits per heavy atom. The number of carbonyl (C=O) groups excluding carboxylic acids is 1. The highest BCUT2D eigenvalue weighted by molar-refractivity contribution is 7.18. The first-order valence-corrected chi connectivity index (χ1v) is 8.61. The Hall–Kier alpha value is -2.54. The molecular formula is C16H19F2N6OP. The van der Waals surface area contributed by atoms with Crippen molar-refractivity contribution >= 4 is 38.3 Å². The maximum atomic E-state index is 12.9. The number of rotatable bonds is 6. The number of hydrogen-bond donors (Lipinski definition) is 4. The lowest BCUT2D eigenvalue weighted by atomic mass is 10.2. The molecule has 1 saturated carbocycles. The molecule has 1 aliphatic rings. The van der Waals surface area contributed by atoms with E-state index >= 15 is 0 Å². The van der Waals surface area contributed by atoms with Crippen LogP contribution >= 0.6 is 9.24 Å². The summed E-state index contributed by atoms with van der Waals surface area (Å²) in [6.07, 6.45) is -0.253. The molecule has 2 aromatic rings. The molecule has 0 aromatic carbocycles. The van der Waals surface area contributed by atoms with Crippen molar-refractivity contribution in [1.29, 1.82) is 0 Å². The summed E-state index contributed by atoms with van der Waals surface area (Å²) < 4.78 is 25.8. The third-order valence-electron chi connectivity index (χ3n) is 3.93. The van der Waals surface area contributed by atoms with Crippen molar-refractivity contribution in [2.45, 2.75) is 24.5 Å². The van der Waals surface area contributed by atoms with Crippen molar-refractivity contribution in [2.24, 2.45) is 0 Å². The predicted octanol–water partition coefficient (Wildman–Crippen LogP) is 2.53. The second-order valence-electron chi connectivity index (χ2n) is 5.98. The van der Waals surface area contributed by atoms with Crippen LogP contribution in [0.3, 0.4) is 0 Å². The van der Waals surface area contributed by atoms with E-state index in [1.165, 1.54) is 19.3 Å². The Kier molecular flexibility index (Phi) is 5.18. The second-order valence-corrected chi connectivity index (χ2v) is 6.84. The van der Waals surface area contributed by atoms with Crippen LogP contribution in [-0.2, 0) is 0 Å². The topological polar surface area (TPSA) is 105 Å². The van der Waals surface area contributed by atoms with E-state index in [0.29, 0.717) is 22.7 Å². The summed E-state index contributed by atoms with van der Waals surface area (Å²) in [6, 6.07) is 4.24. The van der Waals surface area contributed by atoms with Crippen molar-refractivity contribution in [2.75, 3.05) is 23.4 Å². The van der Waals surface area contributed by atoms with Crippen LogP contribution < -0.4 is 21.7 Å². The first-order chi connectivity index (χ1) is 12.4. The van der Waals surface area contributed by atoms with Crippen LogP contribution in [0.1, 0.15) is 28.8 Å². The van der Waals surface area contributed by atoms with E-state index in [1.54, 1.807) is 6.07 Å². The van der Waals surface area contributed by atoms with Crippen molar-refractivity contribution in [3.05, 3.63) is 35.5 Å². The smallest absolute Gasteiger partial charge is 0.264 e. The number of alkyl halides is 2. The Morgan fingerprint density at radius 1 is 1.35 bits per heavy atom. The fraction of sp³-hybridized carbons (Fsp3) is 0.312. The molecule has 10 heteroatoms. The summed E-state index contributed by atoms with van der Waals surface area (Å²) >= 11 is 0. The second kappa shape index (κ2) is 7.37. The van der Waals surface area contributed by atoms with Crippen LogP contribution in [0.5, 0.6) is 0 Å². The molecule has 3 rings (SSSR count). The average Bonchev–Trinajstić information content (AvgIpc) is 3.28. The van der Waals surface area contributed by atoms with Gasteiger partial charge in [0.05, 0.1) is 11.3 Å². The molecule has 3 unspecified atom stereocenters. The van der Waals surface area contributed by atoms with E-state index in [-0.39, 0.29) is 29.1 Å². The summed E-state index contributed by atoms with van der Waals surface area (Å²) in [6.45, 7) is 0. The number of pyridine rings is 2. The highest BCUT2D eigenvalue weighted by Crippen LogP contribution is 2.35. The maximum Gasteiger partial charge on any atom is 0.264 e. The standard InChI is InChI=1S/C16H19F2N6OP/c1-20-16(25)8-6-21-13(5-9(8)22-10-4-11(10)26)24-14-3-7(15(17)18)2-12(19)23-14/h2-3,5-6,10-11,15H,4,26H2,1H3,(H,20,25)(H4,19,21,22,23,24). The van der Waals surface area contributed by atoms with E-state index in [1.807, 2.05) is 0 Å². The van der Waals surface area contributed by atoms with Gasteiger partial charge < -0.3 is 21.7 Å². The molecular weight excluding hydrogens is 361 g/mol. The first-order valence-electron chi connectivity index (χ1n) is 7.94. The minimum Gasteiger partial charge on any atom is -0.384 e. The van der Waals surface area contributed by atoms with Crippen molar-refractivity contribution in [3.63, 3.8) is 0 Å². The lowest BCUT2D eigenvalue weighted by molar-refractivity contribution is 0.0963. The van der Waals surface area contributed by atoms with E-state index in [4.69, 9.17) is 5.73 Å². The molecule has 3 atom stereocenters. The number of nitrogens with two attached hydrogens (primary N) is 1. The Morgan fingerprint density at radius 3 is 2.69 bits per heavy atom. The molecule has 1 fully saturated rings. The average molecular weight is 380 g/mol. The van der Waals surface area contributed by atoms with Gasteiger partial charge in [0, 0.05) is 30.9 Å². The van der Waals surface area contributed by atoms with Crippen LogP contribution in [0.25, 0.3) is 0 Å². The van der Waals surface area contributed by atoms with E-state index in [2.05, 4.69) is 35.2 Å². The summed E-state index contributed by atoms with van der Waals surface area (Å²) in [7, 11) is 4.27. The zero-order valence-electron chi connectivity index (χ0n) is 14.0. The minimum absolute atomic E-state index is 0.0190. The molecule has 0 saturated heterocycles. The van der Waals surface area contributed by atoms with E-state index < -0.39 is 6.43 Å². The van der Waals surface area contributed by atoms with Crippen molar-refractivity contribution in [3.8, 4) is 0 Å². The summed E-state index contributed by atoms with van der Waals surface area (Å²) in [4.78, 5) is 20.2. The van der Waals surface area contributed by atoms with Gasteiger partial charge in [0.25, 0.3) is 12.3 Å². The molecule has 0 aliphatic heterocycles. The van der Waals surface area contributed by atoms with Gasteiger partial charge in [0.15, 0.2) is 0 Å². The zero-order valence-corrected chi connectivity index (χ0v) is 15.1. The lowest BCUT2D eigenvalue weighted by Gasteiger charge is -2.13. The molecule has 1 aliphatic carbocycles. The Balaban J connectivity index is 1.88. The molecule has 0 bridgehead atoms. The third kappa shape index (κ3) is 4.16. The number of anilines is 4. The number of nitrogens with one attached hydrogen (secondary N) is 3. The first kappa shape index (κ1) is 18.3. The van der Waals surface area contributed by atoms with Crippen LogP contribution in [0.4, 0.5) is 31.9 Å². The van der Waals surface area contributed by atoms with Crippen molar-refractivity contribution in [1.82, 2.24) is 15.3 Å². The van der Waals surface area contributed by atoms with Crippen LogP contribution in [0.15, 0.2) is 24.4 Å². The van der Waals surface area contributed by atoms with Crippen LogP contribution in [0, 0.1) is 0 Å². The molecule has 0 spiro atoms. The minimum atomic E-state index is -2.66. The normalized spacial score (nSPS) is 18.5. The molecule has 2 heterocycles. The maximum absolute atomic E-state index is 12.9. The quantitative estimate of drug-likeness (QED) is 0.574. The van der Waals surface area contributed by atoms with Gasteiger partial charge in [0.1, 0.15) is 17.5 Å². The molecule has 2 aromatic heterocycles. The van der Waals surface area contributed by atoms with Gasteiger partial charge in [-0.05, 0) is 24.2 Å². The van der Waals surface area contributed by atoms with Crippen LogP contribution in [0.2, 0.25) is 0 Å². The van der Waals surface area contributed by atoms with E-state index in [0.717, 1.165) is 12.5 Å². The molecule has 138 valence electrons. The molecule has 5 N–H and O–H groups in total. The molecule has 7 nitrogen and oxygen atoms in total. The number of halogens is 2. The van der Waals surface area contributed by atoms with Crippen LogP contribution in [-0.4, -0.2) is 34.6 Å². The number of nitrogens with zero attached hydrogens (tertiary/aromatic N) is 2. The molecule has 26 heavy (non-hydrogen) atoms. The van der Waals surface area contributed by atoms with Gasteiger partial charge in [0.2, 0.25) is 0 Å². The molecule has 0 radical (unpaired) electrons. The van der Waals surface area contributed by atoms with Gasteiger partial charge in [-0.2, -0.15) is 0 Å². The highest BCUT2D eigenvalue weighted by Gasteiger charge is 2.33. The van der Waals surface area contributed by atoms with E-state index in [9.17, 15) is 13.6 Å². The molecule has 1 amide bonds. The third-order valence-corrected chi connectivity index (χ3v) is 4.67. The lowest BCUT2D eigenvalue weighted by Crippen LogP contribution is -2.21. The fourth-order valence-electron chi connectivity index (χ4n) is 2.43. The summed E-state index contributed by atoms with van der Waals surface area (Å²) in [5, 5.41) is 8.71. The Labute approximate surface area is 151 Å². The zero-order chi connectivity index (χ0) is 18.8. The summed E-state index contributed by atoms with van der Waals surface area (Å²) in [5.41, 5.74) is 6.80. The number of hydrogen-bond acceptors (Lipinski definition) is 6. The number of amides is 1. The summed E-state index contributed by atoms with van der Waals surface area (Å²) in [5.74, 6) is 0.227. The largest absolute Gasteiger partial charge is 0.384 e. The monoisotopic (exact) mass is 380 g/mol. The number of carbonyl (C=O) groups is 1. The number of aromatic nitrogens is 2. The fourth-order valence-corrected chi connectivity index (χ4v) is 2.82. The SMILES string of the molecule is CNC(=O)c1cnc(Nc2cc(C(F)F)cc(N)n2)cc1NC1CC1P. The van der Waals surface area contributed by atoms with Crippen molar-refractivity contribution < 1.29 is 13.6 Å². The number of nitrogen functional groups attached to an aromatic ring is 1. The van der Waals surface area contributed by atoms with Gasteiger partial charge >= 0.3 is 0 Å². The Bertz CT molecular complexity index is 834. The predicted molar refractivity (Wildman–Crippen MR) is 100 cm³/mol. The van der Waals surface area contributed by atoms with Gasteiger partial charge in [-0.3, -0.25) is 4.79 Å². The van der Waals surface area contributed by atoms with Gasteiger partial charge in [-0.15, -0.1) is 9.24 Å². The van der Waals surface area contributed by atoms with Gasteiger partial charge in [-0.25, -0.2) is 18.7 Å². The highest BCUT2D eigenvalue weighted by atomic mass is 31.0. The van der Waals surface area contributed by atoms with Gasteiger partial charge in [-0.1, -0.05) is 0 Å².